The van der Waals surface area contributed by atoms with Crippen molar-refractivity contribution in [2.75, 3.05) is 0 Å². The molecule has 0 saturated heterocycles. The van der Waals surface area contributed by atoms with Crippen LogP contribution in [-0.2, 0) is 0 Å². The molecule has 0 fully saturated rings. The number of rotatable bonds is 12. The second-order valence-corrected chi connectivity index (χ2v) is 19.1. The van der Waals surface area contributed by atoms with Crippen LogP contribution in [0.5, 0.6) is 5.75 Å². The molecule has 132 valence electrons. The van der Waals surface area contributed by atoms with Gasteiger partial charge in [0.15, 0.2) is 0 Å². The topological polar surface area (TPSA) is 35.0 Å². The second kappa shape index (κ2) is 11.2. The van der Waals surface area contributed by atoms with Gasteiger partial charge in [-0.1, -0.05) is 0 Å². The Kier molecular flexibility index (Phi) is 9.98. The van der Waals surface area contributed by atoms with Gasteiger partial charge in [-0.3, -0.25) is 0 Å². The summed E-state index contributed by atoms with van der Waals surface area (Å²) in [4.78, 5) is 8.97. The standard InChI is InChI=1S/C5H3F2N2O.3C4H9.Sn/c6-5(7)10-4-1-8-3-9-2-4;3*1-3-4-2;/h1-2,5H;3*1,3-4H2,2H3;. The van der Waals surface area contributed by atoms with Crippen LogP contribution >= 0.6 is 0 Å². The Bertz CT molecular complexity index is 407. The summed E-state index contributed by atoms with van der Waals surface area (Å²) in [6.07, 6.45) is 10.1. The van der Waals surface area contributed by atoms with Crippen LogP contribution in [0.15, 0.2) is 12.4 Å². The Labute approximate surface area is 143 Å². The molecule has 0 unspecified atom stereocenters. The molecule has 0 aliphatic heterocycles. The maximum atomic E-state index is 12.3. The summed E-state index contributed by atoms with van der Waals surface area (Å²) in [5, 5.41) is 0. The molecule has 0 N–H and O–H groups in total. The average Bonchev–Trinajstić information content (AvgIpc) is 2.55. The molecule has 1 aromatic rings. The van der Waals surface area contributed by atoms with Gasteiger partial charge in [0.25, 0.3) is 0 Å². The van der Waals surface area contributed by atoms with Gasteiger partial charge in [0.1, 0.15) is 0 Å². The van der Waals surface area contributed by atoms with Crippen molar-refractivity contribution in [1.29, 1.82) is 0 Å². The second-order valence-electron chi connectivity index (χ2n) is 6.21. The summed E-state index contributed by atoms with van der Waals surface area (Å²) in [5.41, 5.74) is 0. The zero-order valence-electron chi connectivity index (χ0n) is 14.7. The van der Waals surface area contributed by atoms with Crippen LogP contribution in [0.3, 0.4) is 0 Å². The molecule has 0 spiro atoms. The summed E-state index contributed by atoms with van der Waals surface area (Å²) < 4.78 is 33.8. The molecule has 23 heavy (non-hydrogen) atoms. The van der Waals surface area contributed by atoms with Gasteiger partial charge in [0.05, 0.1) is 0 Å². The van der Waals surface area contributed by atoms with Gasteiger partial charge in [-0.2, -0.15) is 0 Å². The first-order valence-electron chi connectivity index (χ1n) is 8.85. The van der Waals surface area contributed by atoms with E-state index in [9.17, 15) is 8.78 Å². The Morgan fingerprint density at radius 2 is 1.35 bits per heavy atom. The molecule has 1 rings (SSSR count). The molecule has 0 amide bonds. The first-order valence-corrected chi connectivity index (χ1v) is 16.3. The summed E-state index contributed by atoms with van der Waals surface area (Å²) in [5.74, 6) is 0.0606. The first kappa shape index (κ1) is 20.6. The van der Waals surface area contributed by atoms with Crippen molar-refractivity contribution in [3.05, 3.63) is 12.4 Å². The van der Waals surface area contributed by atoms with Crippen molar-refractivity contribution >= 4 is 22.2 Å². The third kappa shape index (κ3) is 6.89. The van der Waals surface area contributed by atoms with Gasteiger partial charge in [-0.25, -0.2) is 0 Å². The molecule has 6 heteroatoms. The third-order valence-corrected chi connectivity index (χ3v) is 19.0. The van der Waals surface area contributed by atoms with Gasteiger partial charge in [0.2, 0.25) is 0 Å². The zero-order valence-corrected chi connectivity index (χ0v) is 17.5. The Morgan fingerprint density at radius 3 is 1.70 bits per heavy atom. The predicted molar refractivity (Wildman–Crippen MR) is 93.2 cm³/mol. The van der Waals surface area contributed by atoms with Crippen LogP contribution < -0.4 is 8.58 Å². The van der Waals surface area contributed by atoms with E-state index < -0.39 is 25.0 Å². The molecule has 0 atom stereocenters. The van der Waals surface area contributed by atoms with Crippen LogP contribution in [0.25, 0.3) is 0 Å². The van der Waals surface area contributed by atoms with Gasteiger partial charge < -0.3 is 0 Å². The fourth-order valence-corrected chi connectivity index (χ4v) is 17.8. The molecule has 3 nitrogen and oxygen atoms in total. The number of aromatic nitrogens is 2. The minimum absolute atomic E-state index is 0.0606. The molecule has 1 aromatic heterocycles. The monoisotopic (exact) mass is 436 g/mol. The van der Waals surface area contributed by atoms with Gasteiger partial charge >= 0.3 is 143 Å². The van der Waals surface area contributed by atoms with Crippen molar-refractivity contribution in [3.63, 3.8) is 0 Å². The average molecular weight is 435 g/mol. The number of hydrogen-bond donors (Lipinski definition) is 0. The van der Waals surface area contributed by atoms with Crippen LogP contribution in [-0.4, -0.2) is 35.0 Å². The van der Waals surface area contributed by atoms with E-state index >= 15 is 0 Å². The SMILES string of the molecule is CCC[CH2][Sn]([CH2]CCC)([CH2]CCC)[c]1ncc(OC(F)F)cn1. The van der Waals surface area contributed by atoms with Crippen LogP contribution in [0.4, 0.5) is 8.78 Å². The van der Waals surface area contributed by atoms with Gasteiger partial charge in [0, 0.05) is 0 Å². The molecule has 1 heterocycles. The fourth-order valence-electron chi connectivity index (χ4n) is 3.01. The molecule has 0 radical (unpaired) electrons. The minimum atomic E-state index is -2.82. The molecular formula is C17H30F2N2OSn. The van der Waals surface area contributed by atoms with Crippen molar-refractivity contribution in [1.82, 2.24) is 9.97 Å². The van der Waals surface area contributed by atoms with Crippen molar-refractivity contribution in [2.24, 2.45) is 0 Å². The summed E-state index contributed by atoms with van der Waals surface area (Å²) in [6.45, 7) is 3.84. The molecule has 0 aliphatic carbocycles. The van der Waals surface area contributed by atoms with E-state index in [1.54, 1.807) is 0 Å². The van der Waals surface area contributed by atoms with E-state index in [1.165, 1.54) is 64.2 Å². The molecule has 0 aliphatic rings. The van der Waals surface area contributed by atoms with Crippen molar-refractivity contribution in [3.8, 4) is 5.75 Å². The maximum absolute atomic E-state index is 12.3. The molecule has 0 aromatic carbocycles. The van der Waals surface area contributed by atoms with Crippen molar-refractivity contribution < 1.29 is 13.5 Å². The Balaban J connectivity index is 3.02. The van der Waals surface area contributed by atoms with Gasteiger partial charge in [-0.15, -0.1) is 0 Å². The first-order chi connectivity index (χ1) is 11.1. The summed E-state index contributed by atoms with van der Waals surface area (Å²) in [6, 6.07) is 0. The summed E-state index contributed by atoms with van der Waals surface area (Å²) >= 11 is -2.65. The number of nitrogens with zero attached hydrogens (tertiary/aromatic N) is 2. The van der Waals surface area contributed by atoms with Gasteiger partial charge in [-0.05, 0) is 0 Å². The van der Waals surface area contributed by atoms with E-state index in [-0.39, 0.29) is 5.75 Å². The number of alkyl halides is 2. The number of halogens is 2. The molecule has 0 saturated carbocycles. The van der Waals surface area contributed by atoms with E-state index in [0.29, 0.717) is 0 Å². The predicted octanol–water partition coefficient (Wildman–Crippen LogP) is 5.13. The van der Waals surface area contributed by atoms with E-state index in [1.807, 2.05) is 0 Å². The van der Waals surface area contributed by atoms with E-state index in [0.717, 1.165) is 3.84 Å². The third-order valence-electron chi connectivity index (χ3n) is 4.35. The molecule has 0 bridgehead atoms. The Hall–Kier alpha value is -0.461. The Morgan fingerprint density at radius 1 is 0.913 bits per heavy atom. The van der Waals surface area contributed by atoms with Crippen LogP contribution in [0.2, 0.25) is 13.3 Å². The fraction of sp³-hybridized carbons (Fsp3) is 0.765. The summed E-state index contributed by atoms with van der Waals surface area (Å²) in [7, 11) is 0. The quantitative estimate of drug-likeness (QED) is 0.427. The number of hydrogen-bond acceptors (Lipinski definition) is 3. The van der Waals surface area contributed by atoms with Crippen LogP contribution in [0.1, 0.15) is 59.3 Å². The number of unbranched alkanes of at least 4 members (excludes halogenated alkanes) is 3. The van der Waals surface area contributed by atoms with E-state index in [4.69, 9.17) is 0 Å². The van der Waals surface area contributed by atoms with Crippen molar-refractivity contribution in [2.45, 2.75) is 79.2 Å². The molecular weight excluding hydrogens is 405 g/mol. The normalized spacial score (nSPS) is 11.9. The van der Waals surface area contributed by atoms with Crippen LogP contribution in [0, 0.1) is 0 Å². The zero-order chi connectivity index (χ0) is 17.1. The van der Waals surface area contributed by atoms with E-state index in [2.05, 4.69) is 35.5 Å². The number of ether oxygens (including phenoxy) is 1.